The van der Waals surface area contributed by atoms with Gasteiger partial charge in [-0.2, -0.15) is 0 Å². The summed E-state index contributed by atoms with van der Waals surface area (Å²) in [6.45, 7) is 5.56. The first-order valence-electron chi connectivity index (χ1n) is 9.58. The first-order valence-corrected chi connectivity index (χ1v) is 9.58. The largest absolute Gasteiger partial charge is 0.378 e. The second-order valence-electron chi connectivity index (χ2n) is 6.87. The number of aromatic amines is 1. The van der Waals surface area contributed by atoms with Crippen LogP contribution in [0.25, 0.3) is 10.9 Å². The van der Waals surface area contributed by atoms with E-state index in [2.05, 4.69) is 69.9 Å². The van der Waals surface area contributed by atoms with Gasteiger partial charge in [-0.15, -0.1) is 0 Å². The normalized spacial score (nSPS) is 14.8. The Hall–Kier alpha value is -2.30. The number of aryl methyl sites for hydroxylation is 1. The zero-order valence-corrected chi connectivity index (χ0v) is 15.2. The van der Waals surface area contributed by atoms with Crippen LogP contribution in [0.15, 0.2) is 54.7 Å². The highest BCUT2D eigenvalue weighted by Crippen LogP contribution is 2.22. The predicted molar refractivity (Wildman–Crippen MR) is 108 cm³/mol. The van der Waals surface area contributed by atoms with Crippen molar-refractivity contribution in [3.05, 3.63) is 65.9 Å². The Bertz CT molecular complexity index is 836. The molecule has 0 spiro atoms. The lowest BCUT2D eigenvalue weighted by Gasteiger charge is -2.30. The number of nitrogens with zero attached hydrogens (tertiary/aromatic N) is 1. The van der Waals surface area contributed by atoms with Crippen LogP contribution in [0.3, 0.4) is 0 Å². The van der Waals surface area contributed by atoms with Crippen molar-refractivity contribution in [2.75, 3.05) is 37.7 Å². The summed E-state index contributed by atoms with van der Waals surface area (Å²) in [5, 5.41) is 4.98. The summed E-state index contributed by atoms with van der Waals surface area (Å²) >= 11 is 0. The molecule has 2 N–H and O–H groups in total. The molecule has 0 bridgehead atoms. The Morgan fingerprint density at radius 3 is 2.69 bits per heavy atom. The number of para-hydroxylation sites is 2. The highest BCUT2D eigenvalue weighted by molar-refractivity contribution is 5.82. The van der Waals surface area contributed by atoms with Gasteiger partial charge in [0.15, 0.2) is 0 Å². The van der Waals surface area contributed by atoms with E-state index < -0.39 is 0 Å². The van der Waals surface area contributed by atoms with Crippen molar-refractivity contribution in [2.45, 2.75) is 19.4 Å². The Morgan fingerprint density at radius 2 is 1.77 bits per heavy atom. The molecule has 136 valence electrons. The van der Waals surface area contributed by atoms with Crippen LogP contribution in [-0.2, 0) is 17.7 Å². The Kier molecular flexibility index (Phi) is 5.53. The van der Waals surface area contributed by atoms with Crippen molar-refractivity contribution in [2.24, 2.45) is 0 Å². The fraction of sp³-hybridized carbons (Fsp3) is 0.364. The molecule has 0 atom stereocenters. The molecule has 0 saturated carbocycles. The van der Waals surface area contributed by atoms with Crippen LogP contribution in [0, 0.1) is 0 Å². The van der Waals surface area contributed by atoms with E-state index in [1.807, 2.05) is 0 Å². The molecular formula is C22H27N3O. The van der Waals surface area contributed by atoms with Crippen molar-refractivity contribution in [1.29, 1.82) is 0 Å². The number of nitrogens with one attached hydrogen (secondary N) is 2. The van der Waals surface area contributed by atoms with E-state index in [4.69, 9.17) is 4.74 Å². The minimum Gasteiger partial charge on any atom is -0.378 e. The average Bonchev–Trinajstić information content (AvgIpc) is 3.12. The second-order valence-corrected chi connectivity index (χ2v) is 6.87. The summed E-state index contributed by atoms with van der Waals surface area (Å²) in [5.74, 6) is 0. The number of morpholine rings is 1. The van der Waals surface area contributed by atoms with E-state index in [0.717, 1.165) is 52.2 Å². The van der Waals surface area contributed by atoms with Crippen molar-refractivity contribution in [3.63, 3.8) is 0 Å². The first kappa shape index (κ1) is 17.1. The smallest absolute Gasteiger partial charge is 0.0642 e. The molecule has 0 radical (unpaired) electrons. The van der Waals surface area contributed by atoms with Crippen molar-refractivity contribution in [3.8, 4) is 0 Å². The third kappa shape index (κ3) is 3.92. The van der Waals surface area contributed by atoms with Gasteiger partial charge >= 0.3 is 0 Å². The SMILES string of the molecule is c1ccc(N2CCOCC2)c(CNCCCc2c[nH]c3ccccc23)c1. The lowest BCUT2D eigenvalue weighted by molar-refractivity contribution is 0.122. The van der Waals surface area contributed by atoms with Gasteiger partial charge in [-0.3, -0.25) is 0 Å². The van der Waals surface area contributed by atoms with Gasteiger partial charge in [0.25, 0.3) is 0 Å². The molecule has 0 aliphatic carbocycles. The number of fused-ring (bicyclic) bond motifs is 1. The highest BCUT2D eigenvalue weighted by atomic mass is 16.5. The molecular weight excluding hydrogens is 322 g/mol. The number of anilines is 1. The molecule has 1 aromatic heterocycles. The molecule has 4 heteroatoms. The summed E-state index contributed by atoms with van der Waals surface area (Å²) in [6, 6.07) is 17.3. The van der Waals surface area contributed by atoms with Crippen LogP contribution in [0.1, 0.15) is 17.5 Å². The molecule has 3 aromatic rings. The van der Waals surface area contributed by atoms with Crippen LogP contribution in [0.2, 0.25) is 0 Å². The highest BCUT2D eigenvalue weighted by Gasteiger charge is 2.13. The van der Waals surface area contributed by atoms with E-state index >= 15 is 0 Å². The summed E-state index contributed by atoms with van der Waals surface area (Å²) < 4.78 is 5.48. The zero-order chi connectivity index (χ0) is 17.6. The summed E-state index contributed by atoms with van der Waals surface area (Å²) in [4.78, 5) is 5.80. The van der Waals surface area contributed by atoms with Crippen molar-refractivity contribution in [1.82, 2.24) is 10.3 Å². The number of rotatable bonds is 7. The number of hydrogen-bond donors (Lipinski definition) is 2. The fourth-order valence-electron chi connectivity index (χ4n) is 3.74. The fourth-order valence-corrected chi connectivity index (χ4v) is 3.74. The van der Waals surface area contributed by atoms with Crippen LogP contribution >= 0.6 is 0 Å². The van der Waals surface area contributed by atoms with E-state index in [-0.39, 0.29) is 0 Å². The molecule has 0 unspecified atom stereocenters. The van der Waals surface area contributed by atoms with Gasteiger partial charge in [-0.25, -0.2) is 0 Å². The maximum Gasteiger partial charge on any atom is 0.0642 e. The summed E-state index contributed by atoms with van der Waals surface area (Å²) in [6.07, 6.45) is 4.39. The number of ether oxygens (including phenoxy) is 1. The molecule has 26 heavy (non-hydrogen) atoms. The van der Waals surface area contributed by atoms with E-state index in [1.54, 1.807) is 0 Å². The molecule has 1 aliphatic rings. The van der Waals surface area contributed by atoms with Gasteiger partial charge in [-0.1, -0.05) is 36.4 Å². The van der Waals surface area contributed by atoms with Gasteiger partial charge in [0.2, 0.25) is 0 Å². The molecule has 4 nitrogen and oxygen atoms in total. The van der Waals surface area contributed by atoms with Crippen LogP contribution in [0.4, 0.5) is 5.69 Å². The monoisotopic (exact) mass is 349 g/mol. The molecule has 1 fully saturated rings. The van der Waals surface area contributed by atoms with E-state index in [9.17, 15) is 0 Å². The van der Waals surface area contributed by atoms with Crippen molar-refractivity contribution < 1.29 is 4.74 Å². The van der Waals surface area contributed by atoms with Crippen LogP contribution in [-0.4, -0.2) is 37.8 Å². The maximum atomic E-state index is 5.48. The topological polar surface area (TPSA) is 40.3 Å². The third-order valence-corrected chi connectivity index (χ3v) is 5.13. The molecule has 4 rings (SSSR count). The molecule has 2 heterocycles. The van der Waals surface area contributed by atoms with Gasteiger partial charge < -0.3 is 19.9 Å². The van der Waals surface area contributed by atoms with E-state index in [1.165, 1.54) is 27.7 Å². The average molecular weight is 349 g/mol. The molecule has 0 amide bonds. The minimum atomic E-state index is 0.826. The van der Waals surface area contributed by atoms with E-state index in [0.29, 0.717) is 0 Å². The minimum absolute atomic E-state index is 0.826. The van der Waals surface area contributed by atoms with Gasteiger partial charge in [0.05, 0.1) is 13.2 Å². The standard InChI is InChI=1S/C22H27N3O/c1-4-10-22(25-12-14-26-15-13-25)19(6-1)16-23-11-5-7-18-17-24-21-9-3-2-8-20(18)21/h1-4,6,8-10,17,23-24H,5,7,11-16H2. The lowest BCUT2D eigenvalue weighted by Crippen LogP contribution is -2.37. The maximum absolute atomic E-state index is 5.48. The number of hydrogen-bond acceptors (Lipinski definition) is 3. The number of H-pyrrole nitrogens is 1. The van der Waals surface area contributed by atoms with Crippen molar-refractivity contribution >= 4 is 16.6 Å². The lowest BCUT2D eigenvalue weighted by atomic mass is 10.1. The Labute approximate surface area is 155 Å². The quantitative estimate of drug-likeness (QED) is 0.639. The molecule has 2 aromatic carbocycles. The zero-order valence-electron chi connectivity index (χ0n) is 15.2. The summed E-state index contributed by atoms with van der Waals surface area (Å²) in [5.41, 5.74) is 5.37. The first-order chi connectivity index (χ1) is 12.9. The number of benzene rings is 2. The van der Waals surface area contributed by atoms with Gasteiger partial charge in [0.1, 0.15) is 0 Å². The summed E-state index contributed by atoms with van der Waals surface area (Å²) in [7, 11) is 0. The second kappa shape index (κ2) is 8.39. The van der Waals surface area contributed by atoms with Gasteiger partial charge in [0, 0.05) is 42.4 Å². The van der Waals surface area contributed by atoms with Crippen LogP contribution in [0.5, 0.6) is 0 Å². The molecule has 1 saturated heterocycles. The third-order valence-electron chi connectivity index (χ3n) is 5.13. The molecule has 1 aliphatic heterocycles. The van der Waals surface area contributed by atoms with Crippen LogP contribution < -0.4 is 10.2 Å². The van der Waals surface area contributed by atoms with Gasteiger partial charge in [-0.05, 0) is 42.6 Å². The predicted octanol–water partition coefficient (Wildman–Crippen LogP) is 3.73. The number of aromatic nitrogens is 1. The Morgan fingerprint density at radius 1 is 0.962 bits per heavy atom. The Balaban J connectivity index is 1.28.